The molecule has 0 unspecified atom stereocenters. The van der Waals surface area contributed by atoms with Gasteiger partial charge in [0.05, 0.1) is 11.6 Å². The zero-order valence-electron chi connectivity index (χ0n) is 12.4. The van der Waals surface area contributed by atoms with E-state index in [1.807, 2.05) is 16.8 Å². The van der Waals surface area contributed by atoms with Gasteiger partial charge in [0, 0.05) is 33.7 Å². The Morgan fingerprint density at radius 2 is 2.19 bits per heavy atom. The average Bonchev–Trinajstić information content (AvgIpc) is 2.90. The van der Waals surface area contributed by atoms with Gasteiger partial charge < -0.3 is 15.1 Å². The van der Waals surface area contributed by atoms with Crippen molar-refractivity contribution < 1.29 is 9.18 Å². The monoisotopic (exact) mass is 293 g/mol. The van der Waals surface area contributed by atoms with Crippen molar-refractivity contribution in [1.29, 1.82) is 0 Å². The fourth-order valence-electron chi connectivity index (χ4n) is 3.38. The van der Waals surface area contributed by atoms with Crippen LogP contribution in [-0.4, -0.2) is 54.5 Å². The van der Waals surface area contributed by atoms with E-state index in [0.29, 0.717) is 12.5 Å². The highest BCUT2D eigenvalue weighted by Gasteiger charge is 2.48. The second kappa shape index (κ2) is 5.13. The van der Waals surface area contributed by atoms with Gasteiger partial charge in [-0.1, -0.05) is 0 Å². The summed E-state index contributed by atoms with van der Waals surface area (Å²) in [4.78, 5) is 24.6. The van der Waals surface area contributed by atoms with E-state index in [1.165, 1.54) is 6.20 Å². The summed E-state index contributed by atoms with van der Waals surface area (Å²) in [5.41, 5.74) is -0.315. The number of amides is 1. The van der Waals surface area contributed by atoms with Crippen LogP contribution in [0.25, 0.3) is 0 Å². The molecule has 3 heterocycles. The Bertz CT molecular complexity index is 566. The van der Waals surface area contributed by atoms with Crippen LogP contribution in [0.15, 0.2) is 6.20 Å². The highest BCUT2D eigenvalue weighted by molar-refractivity contribution is 5.84. The Balaban J connectivity index is 1.82. The first-order valence-electron chi connectivity index (χ1n) is 7.26. The number of hydrogen-bond donors (Lipinski definition) is 1. The smallest absolute Gasteiger partial charge is 0.230 e. The number of likely N-dealkylation sites (tertiary alicyclic amines) is 1. The first-order chi connectivity index (χ1) is 10.1. The molecule has 3 rings (SSSR count). The van der Waals surface area contributed by atoms with Gasteiger partial charge >= 0.3 is 0 Å². The number of nitrogens with one attached hydrogen (secondary N) is 1. The molecule has 1 aromatic rings. The van der Waals surface area contributed by atoms with Gasteiger partial charge in [-0.05, 0) is 19.3 Å². The van der Waals surface area contributed by atoms with Crippen LogP contribution in [0.1, 0.15) is 19.3 Å². The fourth-order valence-corrected chi connectivity index (χ4v) is 3.38. The van der Waals surface area contributed by atoms with Crippen molar-refractivity contribution >= 4 is 17.7 Å². The maximum absolute atomic E-state index is 13.5. The lowest BCUT2D eigenvalue weighted by atomic mass is 9.78. The van der Waals surface area contributed by atoms with E-state index in [9.17, 15) is 9.18 Å². The van der Waals surface area contributed by atoms with Gasteiger partial charge in [0.25, 0.3) is 0 Å². The molecule has 6 nitrogen and oxygen atoms in total. The average molecular weight is 293 g/mol. The van der Waals surface area contributed by atoms with E-state index in [4.69, 9.17) is 0 Å². The molecule has 2 aliphatic heterocycles. The SMILES string of the molecule is CNc1nc(N2CC[C@@]3(CCCN(C)C3=O)C2)ncc1F. The Morgan fingerprint density at radius 1 is 1.38 bits per heavy atom. The van der Waals surface area contributed by atoms with E-state index in [0.717, 1.165) is 32.4 Å². The van der Waals surface area contributed by atoms with Gasteiger partial charge in [-0.3, -0.25) is 4.79 Å². The van der Waals surface area contributed by atoms with Crippen LogP contribution in [-0.2, 0) is 4.79 Å². The minimum atomic E-state index is -0.469. The molecule has 1 spiro atoms. The van der Waals surface area contributed by atoms with Gasteiger partial charge in [-0.15, -0.1) is 0 Å². The molecule has 2 aliphatic rings. The van der Waals surface area contributed by atoms with Gasteiger partial charge in [-0.2, -0.15) is 4.98 Å². The summed E-state index contributed by atoms with van der Waals surface area (Å²) in [5, 5.41) is 2.72. The van der Waals surface area contributed by atoms with E-state index < -0.39 is 5.82 Å². The van der Waals surface area contributed by atoms with Crippen LogP contribution in [0.5, 0.6) is 0 Å². The summed E-state index contributed by atoms with van der Waals surface area (Å²) in [7, 11) is 3.49. The van der Waals surface area contributed by atoms with Crippen molar-refractivity contribution in [2.24, 2.45) is 5.41 Å². The molecule has 0 aliphatic carbocycles. The van der Waals surface area contributed by atoms with E-state index >= 15 is 0 Å². The van der Waals surface area contributed by atoms with Crippen LogP contribution in [0.2, 0.25) is 0 Å². The molecule has 0 saturated carbocycles. The zero-order chi connectivity index (χ0) is 15.0. The third-order valence-electron chi connectivity index (χ3n) is 4.55. The van der Waals surface area contributed by atoms with Gasteiger partial charge in [0.2, 0.25) is 11.9 Å². The number of hydrogen-bond acceptors (Lipinski definition) is 5. The van der Waals surface area contributed by atoms with Crippen molar-refractivity contribution in [3.8, 4) is 0 Å². The maximum atomic E-state index is 13.5. The predicted molar refractivity (Wildman–Crippen MR) is 77.7 cm³/mol. The van der Waals surface area contributed by atoms with Crippen LogP contribution in [0, 0.1) is 11.2 Å². The Kier molecular flexibility index (Phi) is 3.43. The molecule has 21 heavy (non-hydrogen) atoms. The molecule has 0 radical (unpaired) electrons. The molecular weight excluding hydrogens is 273 g/mol. The zero-order valence-corrected chi connectivity index (χ0v) is 12.4. The molecular formula is C14H20FN5O. The van der Waals surface area contributed by atoms with Gasteiger partial charge in [0.15, 0.2) is 11.6 Å². The number of nitrogens with zero attached hydrogens (tertiary/aromatic N) is 4. The molecule has 0 aromatic carbocycles. The molecule has 2 fully saturated rings. The van der Waals surface area contributed by atoms with Crippen molar-refractivity contribution in [2.75, 3.05) is 43.9 Å². The Labute approximate surface area is 123 Å². The topological polar surface area (TPSA) is 61.4 Å². The van der Waals surface area contributed by atoms with E-state index in [2.05, 4.69) is 15.3 Å². The number of carbonyl (C=O) groups is 1. The van der Waals surface area contributed by atoms with Gasteiger partial charge in [0.1, 0.15) is 0 Å². The second-order valence-electron chi connectivity index (χ2n) is 5.90. The summed E-state index contributed by atoms with van der Waals surface area (Å²) in [6.45, 7) is 2.18. The normalized spacial score (nSPS) is 25.8. The highest BCUT2D eigenvalue weighted by Crippen LogP contribution is 2.40. The van der Waals surface area contributed by atoms with E-state index in [-0.39, 0.29) is 17.1 Å². The largest absolute Gasteiger partial charge is 0.371 e. The standard InChI is InChI=1S/C14H20FN5O/c1-16-11-10(15)8-17-13(18-11)20-7-5-14(9-20)4-3-6-19(2)12(14)21/h8H,3-7,9H2,1-2H3,(H,16,17,18)/t14-/m0/s1. The first kappa shape index (κ1) is 14.0. The summed E-state index contributed by atoms with van der Waals surface area (Å²) in [5.74, 6) is 0.419. The minimum absolute atomic E-state index is 0.188. The minimum Gasteiger partial charge on any atom is -0.371 e. The summed E-state index contributed by atoms with van der Waals surface area (Å²) in [6, 6.07) is 0. The Morgan fingerprint density at radius 3 is 2.95 bits per heavy atom. The number of rotatable bonds is 2. The predicted octanol–water partition coefficient (Wildman–Crippen LogP) is 1.11. The summed E-state index contributed by atoms with van der Waals surface area (Å²) in [6.07, 6.45) is 3.93. The van der Waals surface area contributed by atoms with Crippen molar-refractivity contribution in [3.63, 3.8) is 0 Å². The molecule has 2 saturated heterocycles. The third-order valence-corrected chi connectivity index (χ3v) is 4.55. The second-order valence-corrected chi connectivity index (χ2v) is 5.90. The molecule has 1 amide bonds. The lowest BCUT2D eigenvalue weighted by Crippen LogP contribution is -2.48. The van der Waals surface area contributed by atoms with Crippen molar-refractivity contribution in [2.45, 2.75) is 19.3 Å². The molecule has 0 bridgehead atoms. The number of aromatic nitrogens is 2. The van der Waals surface area contributed by atoms with Crippen molar-refractivity contribution in [1.82, 2.24) is 14.9 Å². The first-order valence-corrected chi connectivity index (χ1v) is 7.26. The molecule has 7 heteroatoms. The van der Waals surface area contributed by atoms with Crippen LogP contribution >= 0.6 is 0 Å². The maximum Gasteiger partial charge on any atom is 0.230 e. The van der Waals surface area contributed by atoms with Crippen LogP contribution in [0.3, 0.4) is 0 Å². The number of anilines is 2. The van der Waals surface area contributed by atoms with Crippen LogP contribution < -0.4 is 10.2 Å². The summed E-state index contributed by atoms with van der Waals surface area (Å²) >= 11 is 0. The van der Waals surface area contributed by atoms with Crippen LogP contribution in [0.4, 0.5) is 16.2 Å². The lowest BCUT2D eigenvalue weighted by Gasteiger charge is -2.37. The quantitative estimate of drug-likeness (QED) is 0.885. The molecule has 1 atom stereocenters. The van der Waals surface area contributed by atoms with E-state index in [1.54, 1.807) is 7.05 Å². The third kappa shape index (κ3) is 2.30. The summed E-state index contributed by atoms with van der Waals surface area (Å²) < 4.78 is 13.5. The number of piperidine rings is 1. The number of halogens is 1. The molecule has 114 valence electrons. The molecule has 1 aromatic heterocycles. The van der Waals surface area contributed by atoms with Gasteiger partial charge in [-0.25, -0.2) is 9.37 Å². The lowest BCUT2D eigenvalue weighted by molar-refractivity contribution is -0.143. The Hall–Kier alpha value is -1.92. The number of carbonyl (C=O) groups excluding carboxylic acids is 1. The van der Waals surface area contributed by atoms with Crippen molar-refractivity contribution in [3.05, 3.63) is 12.0 Å². The molecule has 1 N–H and O–H groups in total. The fraction of sp³-hybridized carbons (Fsp3) is 0.643. The highest BCUT2D eigenvalue weighted by atomic mass is 19.1.